The molecule has 1 aromatic heterocycles. The van der Waals surface area contributed by atoms with Gasteiger partial charge in [-0.25, -0.2) is 0 Å². The Morgan fingerprint density at radius 3 is 2.50 bits per heavy atom. The van der Waals surface area contributed by atoms with E-state index in [1.54, 1.807) is 0 Å². The smallest absolute Gasteiger partial charge is 0.406 e. The van der Waals surface area contributed by atoms with Gasteiger partial charge in [-0.05, 0) is 12.1 Å². The maximum Gasteiger partial charge on any atom is 0.406 e. The largest absolute Gasteiger partial charge is 0.480 e. The predicted molar refractivity (Wildman–Crippen MR) is 61.1 cm³/mol. The van der Waals surface area contributed by atoms with Gasteiger partial charge in [0.15, 0.2) is 0 Å². The fraction of sp³-hybridized carbons (Fsp3) is 0.455. The van der Waals surface area contributed by atoms with E-state index in [-0.39, 0.29) is 5.69 Å². The number of carboxylic acids is 1. The van der Waals surface area contributed by atoms with E-state index >= 15 is 0 Å². The number of carbonyl (C=O) groups excluding carboxylic acids is 1. The first-order chi connectivity index (χ1) is 9.24. The molecule has 6 nitrogen and oxygen atoms in total. The normalized spacial score (nSPS) is 11.4. The number of alkyl halides is 3. The highest BCUT2D eigenvalue weighted by molar-refractivity contribution is 5.93. The molecule has 9 heteroatoms. The van der Waals surface area contributed by atoms with Crippen molar-refractivity contribution in [3.05, 3.63) is 24.0 Å². The van der Waals surface area contributed by atoms with Crippen LogP contribution in [-0.4, -0.2) is 57.4 Å². The molecule has 0 radical (unpaired) electrons. The number of aromatic nitrogens is 1. The van der Waals surface area contributed by atoms with E-state index in [9.17, 15) is 22.8 Å². The Morgan fingerprint density at radius 2 is 2.00 bits per heavy atom. The Morgan fingerprint density at radius 1 is 1.35 bits per heavy atom. The van der Waals surface area contributed by atoms with Crippen LogP contribution in [0.3, 0.4) is 0 Å². The van der Waals surface area contributed by atoms with Crippen molar-refractivity contribution in [3.8, 4) is 0 Å². The van der Waals surface area contributed by atoms with Crippen molar-refractivity contribution in [1.29, 1.82) is 0 Å². The molecule has 1 amide bonds. The summed E-state index contributed by atoms with van der Waals surface area (Å²) in [5.74, 6) is -2.21. The Kier molecular flexibility index (Phi) is 5.14. The number of rotatable bonds is 6. The van der Waals surface area contributed by atoms with Crippen LogP contribution in [0.15, 0.2) is 18.3 Å². The lowest BCUT2D eigenvalue weighted by molar-refractivity contribution is -0.141. The number of nitrogens with zero attached hydrogens (tertiary/aromatic N) is 2. The van der Waals surface area contributed by atoms with Gasteiger partial charge in [-0.3, -0.25) is 9.59 Å². The standard InChI is InChI=1S/C11H13F3N2O4/c12-11(13,14)7-16(4-5-17)10(20)8-2-1-3-15(8)6-9(18)19/h1-3,17H,4-7H2,(H,18,19). The second-order valence-electron chi connectivity index (χ2n) is 3.98. The summed E-state index contributed by atoms with van der Waals surface area (Å²) in [5.41, 5.74) is -0.176. The monoisotopic (exact) mass is 294 g/mol. The summed E-state index contributed by atoms with van der Waals surface area (Å²) in [4.78, 5) is 23.0. The highest BCUT2D eigenvalue weighted by Crippen LogP contribution is 2.18. The number of aliphatic hydroxyl groups excluding tert-OH is 1. The van der Waals surface area contributed by atoms with E-state index in [1.165, 1.54) is 18.3 Å². The number of carbonyl (C=O) groups is 2. The summed E-state index contributed by atoms with van der Waals surface area (Å²) in [5, 5.41) is 17.4. The van der Waals surface area contributed by atoms with Gasteiger partial charge in [-0.2, -0.15) is 13.2 Å². The quantitative estimate of drug-likeness (QED) is 0.803. The summed E-state index contributed by atoms with van der Waals surface area (Å²) in [7, 11) is 0. The number of aliphatic carboxylic acids is 1. The Hall–Kier alpha value is -2.03. The third-order valence-corrected chi connectivity index (χ3v) is 2.38. The molecule has 1 heterocycles. The molecule has 0 spiro atoms. The zero-order valence-corrected chi connectivity index (χ0v) is 10.3. The Bertz CT molecular complexity index is 484. The second kappa shape index (κ2) is 6.42. The minimum atomic E-state index is -4.60. The molecule has 0 aliphatic heterocycles. The van der Waals surface area contributed by atoms with Crippen molar-refractivity contribution >= 4 is 11.9 Å². The summed E-state index contributed by atoms with van der Waals surface area (Å²) in [6.45, 7) is -3.16. The van der Waals surface area contributed by atoms with E-state index in [2.05, 4.69) is 0 Å². The fourth-order valence-corrected chi connectivity index (χ4v) is 1.64. The molecule has 0 aliphatic rings. The highest BCUT2D eigenvalue weighted by atomic mass is 19.4. The lowest BCUT2D eigenvalue weighted by atomic mass is 10.3. The zero-order valence-electron chi connectivity index (χ0n) is 10.3. The maximum atomic E-state index is 12.4. The van der Waals surface area contributed by atoms with Crippen LogP contribution in [0, 0.1) is 0 Å². The van der Waals surface area contributed by atoms with Gasteiger partial charge in [0, 0.05) is 12.7 Å². The van der Waals surface area contributed by atoms with Crippen LogP contribution in [0.1, 0.15) is 10.5 Å². The average Bonchev–Trinajstić information content (AvgIpc) is 2.73. The molecule has 0 saturated heterocycles. The summed E-state index contributed by atoms with van der Waals surface area (Å²) < 4.78 is 38.1. The van der Waals surface area contributed by atoms with Crippen molar-refractivity contribution in [1.82, 2.24) is 9.47 Å². The van der Waals surface area contributed by atoms with Crippen molar-refractivity contribution < 1.29 is 33.0 Å². The molecule has 20 heavy (non-hydrogen) atoms. The van der Waals surface area contributed by atoms with Crippen LogP contribution < -0.4 is 0 Å². The first kappa shape index (κ1) is 16.0. The molecule has 0 unspecified atom stereocenters. The van der Waals surface area contributed by atoms with Gasteiger partial charge in [-0.15, -0.1) is 0 Å². The number of hydrogen-bond acceptors (Lipinski definition) is 3. The molecule has 0 fully saturated rings. The summed E-state index contributed by atoms with van der Waals surface area (Å²) >= 11 is 0. The van der Waals surface area contributed by atoms with Crippen molar-refractivity contribution in [2.24, 2.45) is 0 Å². The first-order valence-corrected chi connectivity index (χ1v) is 5.58. The number of hydrogen-bond donors (Lipinski definition) is 2. The Labute approximate surface area is 112 Å². The minimum Gasteiger partial charge on any atom is -0.480 e. The number of halogens is 3. The van der Waals surface area contributed by atoms with Gasteiger partial charge in [0.1, 0.15) is 18.8 Å². The number of aliphatic hydroxyl groups is 1. The van der Waals surface area contributed by atoms with Crippen LogP contribution in [0.2, 0.25) is 0 Å². The molecule has 1 rings (SSSR count). The third-order valence-electron chi connectivity index (χ3n) is 2.38. The van der Waals surface area contributed by atoms with Crippen LogP contribution >= 0.6 is 0 Å². The van der Waals surface area contributed by atoms with Gasteiger partial charge in [0.05, 0.1) is 6.61 Å². The number of amides is 1. The minimum absolute atomic E-state index is 0.176. The van der Waals surface area contributed by atoms with E-state index < -0.39 is 44.3 Å². The predicted octanol–water partition coefficient (Wildman–Crippen LogP) is 0.569. The molecular weight excluding hydrogens is 281 g/mol. The summed E-state index contributed by atoms with van der Waals surface area (Å²) in [6.07, 6.45) is -3.32. The lowest BCUT2D eigenvalue weighted by Gasteiger charge is -2.23. The van der Waals surface area contributed by atoms with E-state index in [1.807, 2.05) is 0 Å². The zero-order chi connectivity index (χ0) is 15.3. The molecule has 0 saturated carbocycles. The highest BCUT2D eigenvalue weighted by Gasteiger charge is 2.33. The fourth-order valence-electron chi connectivity index (χ4n) is 1.64. The molecular formula is C11H13F3N2O4. The molecule has 112 valence electrons. The van der Waals surface area contributed by atoms with Crippen LogP contribution in [-0.2, 0) is 11.3 Å². The van der Waals surface area contributed by atoms with Crippen LogP contribution in [0.4, 0.5) is 13.2 Å². The second-order valence-corrected chi connectivity index (χ2v) is 3.98. The topological polar surface area (TPSA) is 82.8 Å². The van der Waals surface area contributed by atoms with E-state index in [4.69, 9.17) is 10.2 Å². The van der Waals surface area contributed by atoms with Gasteiger partial charge in [-0.1, -0.05) is 0 Å². The van der Waals surface area contributed by atoms with Gasteiger partial charge in [0.2, 0.25) is 0 Å². The lowest BCUT2D eigenvalue weighted by Crippen LogP contribution is -2.41. The maximum absolute atomic E-state index is 12.4. The van der Waals surface area contributed by atoms with E-state index in [0.717, 1.165) is 4.57 Å². The van der Waals surface area contributed by atoms with E-state index in [0.29, 0.717) is 4.90 Å². The van der Waals surface area contributed by atoms with Crippen molar-refractivity contribution in [2.45, 2.75) is 12.7 Å². The average molecular weight is 294 g/mol. The molecule has 0 aromatic carbocycles. The van der Waals surface area contributed by atoms with Gasteiger partial charge < -0.3 is 19.7 Å². The first-order valence-electron chi connectivity index (χ1n) is 5.58. The molecule has 1 aromatic rings. The molecule has 2 N–H and O–H groups in total. The van der Waals surface area contributed by atoms with Gasteiger partial charge in [0.25, 0.3) is 5.91 Å². The number of carboxylic acid groups (broad SMARTS) is 1. The van der Waals surface area contributed by atoms with Gasteiger partial charge >= 0.3 is 12.1 Å². The summed E-state index contributed by atoms with van der Waals surface area (Å²) in [6, 6.07) is 2.59. The van der Waals surface area contributed by atoms with Crippen LogP contribution in [0.5, 0.6) is 0 Å². The third kappa shape index (κ3) is 4.57. The van der Waals surface area contributed by atoms with Crippen LogP contribution in [0.25, 0.3) is 0 Å². The van der Waals surface area contributed by atoms with Crippen molar-refractivity contribution in [3.63, 3.8) is 0 Å². The SMILES string of the molecule is O=C(O)Cn1cccc1C(=O)N(CCO)CC(F)(F)F. The Balaban J connectivity index is 2.94. The molecule has 0 bridgehead atoms. The molecule has 0 aliphatic carbocycles. The van der Waals surface area contributed by atoms with Crippen molar-refractivity contribution in [2.75, 3.05) is 19.7 Å². The molecule has 0 atom stereocenters.